The summed E-state index contributed by atoms with van der Waals surface area (Å²) in [6.07, 6.45) is 5.82. The lowest BCUT2D eigenvalue weighted by Gasteiger charge is -2.37. The Morgan fingerprint density at radius 3 is 2.71 bits per heavy atom. The summed E-state index contributed by atoms with van der Waals surface area (Å²) < 4.78 is 0. The van der Waals surface area contributed by atoms with Gasteiger partial charge in [-0.2, -0.15) is 0 Å². The van der Waals surface area contributed by atoms with Crippen LogP contribution >= 0.6 is 0 Å². The molecule has 0 atom stereocenters. The summed E-state index contributed by atoms with van der Waals surface area (Å²) in [4.78, 5) is 15.1. The number of carbonyl (C=O) groups excluding carboxylic acids is 1. The SMILES string of the molecule is CCC1(C(=O)N2CC/C(=N/O)c3ccccc32)CCCC1. The van der Waals surface area contributed by atoms with Crippen molar-refractivity contribution in [2.75, 3.05) is 11.4 Å². The lowest BCUT2D eigenvalue weighted by Crippen LogP contribution is -2.46. The number of hydrogen-bond acceptors (Lipinski definition) is 3. The molecule has 0 bridgehead atoms. The summed E-state index contributed by atoms with van der Waals surface area (Å²) in [5, 5.41) is 12.6. The van der Waals surface area contributed by atoms with Crippen LogP contribution in [0.1, 0.15) is 51.0 Å². The van der Waals surface area contributed by atoms with Gasteiger partial charge in [0.05, 0.1) is 11.4 Å². The van der Waals surface area contributed by atoms with E-state index < -0.39 is 0 Å². The Labute approximate surface area is 125 Å². The van der Waals surface area contributed by atoms with Crippen molar-refractivity contribution >= 4 is 17.3 Å². The van der Waals surface area contributed by atoms with Gasteiger partial charge in [-0.3, -0.25) is 4.79 Å². The highest BCUT2D eigenvalue weighted by molar-refractivity contribution is 6.12. The number of carbonyl (C=O) groups is 1. The Morgan fingerprint density at radius 2 is 2.05 bits per heavy atom. The zero-order valence-corrected chi connectivity index (χ0v) is 12.5. The lowest BCUT2D eigenvalue weighted by atomic mass is 9.81. The third-order valence-corrected chi connectivity index (χ3v) is 5.13. The molecule has 1 fully saturated rings. The summed E-state index contributed by atoms with van der Waals surface area (Å²) >= 11 is 0. The minimum absolute atomic E-state index is 0.180. The molecule has 0 saturated heterocycles. The highest BCUT2D eigenvalue weighted by Crippen LogP contribution is 2.44. The predicted molar refractivity (Wildman–Crippen MR) is 82.9 cm³/mol. The molecule has 0 unspecified atom stereocenters. The molecule has 4 heteroatoms. The molecule has 21 heavy (non-hydrogen) atoms. The molecule has 0 aromatic heterocycles. The smallest absolute Gasteiger partial charge is 0.233 e. The Kier molecular flexibility index (Phi) is 3.70. The maximum absolute atomic E-state index is 13.1. The van der Waals surface area contributed by atoms with Crippen LogP contribution in [0.25, 0.3) is 0 Å². The van der Waals surface area contributed by atoms with Crippen LogP contribution < -0.4 is 4.90 Å². The fraction of sp³-hybridized carbons (Fsp3) is 0.529. The van der Waals surface area contributed by atoms with E-state index in [2.05, 4.69) is 12.1 Å². The summed E-state index contributed by atoms with van der Waals surface area (Å²) in [6.45, 7) is 2.73. The summed E-state index contributed by atoms with van der Waals surface area (Å²) in [5.74, 6) is 0.256. The number of nitrogens with zero attached hydrogens (tertiary/aromatic N) is 2. The van der Waals surface area contributed by atoms with Crippen molar-refractivity contribution in [3.8, 4) is 0 Å². The molecule has 1 heterocycles. The van der Waals surface area contributed by atoms with E-state index in [1.54, 1.807) is 0 Å². The molecule has 2 aliphatic rings. The van der Waals surface area contributed by atoms with Gasteiger partial charge in [-0.15, -0.1) is 0 Å². The van der Waals surface area contributed by atoms with Crippen molar-refractivity contribution in [2.24, 2.45) is 10.6 Å². The average Bonchev–Trinajstić information content (AvgIpc) is 3.03. The number of oxime groups is 1. The largest absolute Gasteiger partial charge is 0.411 e. The molecular weight excluding hydrogens is 264 g/mol. The molecule has 1 aromatic rings. The topological polar surface area (TPSA) is 52.9 Å². The van der Waals surface area contributed by atoms with Gasteiger partial charge in [0.25, 0.3) is 0 Å². The van der Waals surface area contributed by atoms with Crippen LogP contribution in [0.4, 0.5) is 5.69 Å². The highest BCUT2D eigenvalue weighted by atomic mass is 16.4. The molecule has 112 valence electrons. The Bertz CT molecular complexity index is 574. The fourth-order valence-electron chi connectivity index (χ4n) is 3.80. The first-order valence-corrected chi connectivity index (χ1v) is 7.84. The van der Waals surface area contributed by atoms with Gasteiger partial charge in [-0.05, 0) is 25.3 Å². The van der Waals surface area contributed by atoms with Crippen LogP contribution in [0.5, 0.6) is 0 Å². The van der Waals surface area contributed by atoms with Gasteiger partial charge >= 0.3 is 0 Å². The number of anilines is 1. The first-order chi connectivity index (χ1) is 10.2. The van der Waals surface area contributed by atoms with Gasteiger partial charge in [0.2, 0.25) is 5.91 Å². The zero-order chi connectivity index (χ0) is 14.9. The van der Waals surface area contributed by atoms with E-state index in [9.17, 15) is 4.79 Å². The number of para-hydroxylation sites is 1. The van der Waals surface area contributed by atoms with Crippen LogP contribution in [0.3, 0.4) is 0 Å². The molecule has 0 spiro atoms. The van der Waals surface area contributed by atoms with E-state index in [0.717, 1.165) is 43.4 Å². The van der Waals surface area contributed by atoms with Crippen LogP contribution in [0.15, 0.2) is 29.4 Å². The Balaban J connectivity index is 1.98. The van der Waals surface area contributed by atoms with E-state index in [-0.39, 0.29) is 11.3 Å². The van der Waals surface area contributed by atoms with Gasteiger partial charge in [0, 0.05) is 23.9 Å². The summed E-state index contributed by atoms with van der Waals surface area (Å²) in [6, 6.07) is 7.74. The summed E-state index contributed by atoms with van der Waals surface area (Å²) in [7, 11) is 0. The van der Waals surface area contributed by atoms with Crippen molar-refractivity contribution < 1.29 is 10.0 Å². The lowest BCUT2D eigenvalue weighted by molar-refractivity contribution is -0.128. The second kappa shape index (κ2) is 5.51. The number of amides is 1. The second-order valence-corrected chi connectivity index (χ2v) is 6.11. The van der Waals surface area contributed by atoms with E-state index in [1.165, 1.54) is 0 Å². The van der Waals surface area contributed by atoms with Crippen molar-refractivity contribution in [3.05, 3.63) is 29.8 Å². The van der Waals surface area contributed by atoms with Gasteiger partial charge in [0.15, 0.2) is 0 Å². The van der Waals surface area contributed by atoms with Gasteiger partial charge < -0.3 is 10.1 Å². The van der Waals surface area contributed by atoms with E-state index in [0.29, 0.717) is 18.7 Å². The number of rotatable bonds is 2. The van der Waals surface area contributed by atoms with E-state index >= 15 is 0 Å². The molecule has 1 aliphatic heterocycles. The van der Waals surface area contributed by atoms with Gasteiger partial charge in [-0.1, -0.05) is 43.1 Å². The maximum atomic E-state index is 13.1. The van der Waals surface area contributed by atoms with Crippen LogP contribution in [-0.4, -0.2) is 23.4 Å². The number of hydrogen-bond donors (Lipinski definition) is 1. The van der Waals surface area contributed by atoms with Crippen molar-refractivity contribution in [3.63, 3.8) is 0 Å². The van der Waals surface area contributed by atoms with Crippen LogP contribution in [0.2, 0.25) is 0 Å². The quantitative estimate of drug-likeness (QED) is 0.667. The Morgan fingerprint density at radius 1 is 1.33 bits per heavy atom. The van der Waals surface area contributed by atoms with Crippen molar-refractivity contribution in [1.82, 2.24) is 0 Å². The van der Waals surface area contributed by atoms with Crippen LogP contribution in [-0.2, 0) is 4.79 Å². The third kappa shape index (κ3) is 2.23. The normalized spacial score (nSPS) is 22.3. The predicted octanol–water partition coefficient (Wildman–Crippen LogP) is 3.57. The first kappa shape index (κ1) is 14.1. The minimum atomic E-state index is -0.180. The molecule has 3 rings (SSSR count). The van der Waals surface area contributed by atoms with Crippen LogP contribution in [0, 0.1) is 5.41 Å². The maximum Gasteiger partial charge on any atom is 0.233 e. The molecule has 1 aliphatic carbocycles. The van der Waals surface area contributed by atoms with Gasteiger partial charge in [-0.25, -0.2) is 0 Å². The monoisotopic (exact) mass is 286 g/mol. The number of fused-ring (bicyclic) bond motifs is 1. The molecular formula is C17H22N2O2. The molecule has 1 aromatic carbocycles. The van der Waals surface area contributed by atoms with E-state index in [1.807, 2.05) is 29.2 Å². The molecule has 1 amide bonds. The van der Waals surface area contributed by atoms with E-state index in [4.69, 9.17) is 5.21 Å². The van der Waals surface area contributed by atoms with Crippen molar-refractivity contribution in [2.45, 2.75) is 45.4 Å². The molecule has 1 saturated carbocycles. The zero-order valence-electron chi connectivity index (χ0n) is 12.5. The second-order valence-electron chi connectivity index (χ2n) is 6.11. The molecule has 1 N–H and O–H groups in total. The van der Waals surface area contributed by atoms with Gasteiger partial charge in [0.1, 0.15) is 0 Å². The number of benzene rings is 1. The fourth-order valence-corrected chi connectivity index (χ4v) is 3.80. The first-order valence-electron chi connectivity index (χ1n) is 7.84. The standard InChI is InChI=1S/C17H22N2O2/c1-2-17(10-5-6-11-17)16(20)19-12-9-14(18-21)13-7-3-4-8-15(13)19/h3-4,7-8,21H,2,5-6,9-12H2,1H3/b18-14-. The third-order valence-electron chi connectivity index (χ3n) is 5.13. The Hall–Kier alpha value is -1.84. The van der Waals surface area contributed by atoms with Crippen molar-refractivity contribution in [1.29, 1.82) is 0 Å². The molecule has 4 nitrogen and oxygen atoms in total. The average molecular weight is 286 g/mol. The minimum Gasteiger partial charge on any atom is -0.411 e. The summed E-state index contributed by atoms with van der Waals surface area (Å²) in [5.41, 5.74) is 2.26. The molecule has 0 radical (unpaired) electrons. The highest BCUT2D eigenvalue weighted by Gasteiger charge is 2.43.